The largest absolute Gasteiger partial charge is 0.394 e. The molecule has 0 radical (unpaired) electrons. The minimum absolute atomic E-state index is 0.145. The van der Waals surface area contributed by atoms with Crippen LogP contribution >= 0.6 is 17.2 Å². The number of aliphatic hydroxyl groups excluding tert-OH is 1. The molecule has 0 saturated carbocycles. The summed E-state index contributed by atoms with van der Waals surface area (Å²) in [6.07, 6.45) is 1.14. The van der Waals surface area contributed by atoms with Gasteiger partial charge in [0.1, 0.15) is 0 Å². The summed E-state index contributed by atoms with van der Waals surface area (Å²) in [5.41, 5.74) is 0. The first-order chi connectivity index (χ1) is 3.91. The Morgan fingerprint density at radius 2 is 2.25 bits per heavy atom. The van der Waals surface area contributed by atoms with Gasteiger partial charge in [0.2, 0.25) is 0 Å². The molecule has 0 saturated heterocycles. The normalized spacial score (nSPS) is 11.2. The smallest absolute Gasteiger partial charge is 0.0801 e. The van der Waals surface area contributed by atoms with Crippen molar-refractivity contribution in [2.24, 2.45) is 0 Å². The van der Waals surface area contributed by atoms with E-state index in [1.165, 1.54) is 0 Å². The standard InChI is InChI=1S/C4H12O2P2/c5-1-2-6-3-4-8-7/h5,8H,1-4,7H2/p+1. The van der Waals surface area contributed by atoms with Crippen LogP contribution in [-0.4, -0.2) is 31.1 Å². The van der Waals surface area contributed by atoms with E-state index in [9.17, 15) is 0 Å². The van der Waals surface area contributed by atoms with Crippen LogP contribution in [0.2, 0.25) is 0 Å². The van der Waals surface area contributed by atoms with Gasteiger partial charge in [-0.25, -0.2) is 0 Å². The van der Waals surface area contributed by atoms with Crippen LogP contribution < -0.4 is 0 Å². The second-order valence-corrected chi connectivity index (χ2v) is 3.82. The van der Waals surface area contributed by atoms with Crippen LogP contribution in [0.25, 0.3) is 0 Å². The minimum Gasteiger partial charge on any atom is -0.394 e. The molecule has 2 nitrogen and oxygen atoms in total. The quantitative estimate of drug-likeness (QED) is 0.453. The maximum Gasteiger partial charge on any atom is 0.0801 e. The molecule has 2 unspecified atom stereocenters. The summed E-state index contributed by atoms with van der Waals surface area (Å²) in [6.45, 7) is 1.44. The Labute approximate surface area is 53.9 Å². The van der Waals surface area contributed by atoms with Crippen molar-refractivity contribution < 1.29 is 9.84 Å². The first-order valence-electron chi connectivity index (χ1n) is 2.64. The first-order valence-corrected chi connectivity index (χ1v) is 6.12. The van der Waals surface area contributed by atoms with Crippen molar-refractivity contribution in [3.63, 3.8) is 0 Å². The molecule has 0 aliphatic rings. The van der Waals surface area contributed by atoms with Crippen molar-refractivity contribution >= 4 is 17.2 Å². The van der Waals surface area contributed by atoms with Gasteiger partial charge >= 0.3 is 0 Å². The molecule has 0 aromatic rings. The number of rotatable bonds is 5. The third-order valence-electron chi connectivity index (χ3n) is 0.664. The Balaban J connectivity index is 2.53. The van der Waals surface area contributed by atoms with Crippen LogP contribution in [0.3, 0.4) is 0 Å². The lowest BCUT2D eigenvalue weighted by Gasteiger charge is -1.94. The zero-order valence-electron chi connectivity index (χ0n) is 4.84. The molecule has 0 amide bonds. The zero-order chi connectivity index (χ0) is 6.24. The molecule has 0 rings (SSSR count). The number of hydrogen-bond donors (Lipinski definition) is 1. The molecule has 0 aromatic heterocycles. The van der Waals surface area contributed by atoms with Gasteiger partial charge in [0, 0.05) is 17.2 Å². The average Bonchev–Trinajstić information content (AvgIpc) is 1.81. The first kappa shape index (κ1) is 8.78. The summed E-state index contributed by atoms with van der Waals surface area (Å²) < 4.78 is 4.98. The number of hydrogen-bond acceptors (Lipinski definition) is 2. The van der Waals surface area contributed by atoms with Crippen molar-refractivity contribution in [3.8, 4) is 0 Å². The lowest BCUT2D eigenvalue weighted by molar-refractivity contribution is 0.103. The van der Waals surface area contributed by atoms with E-state index in [2.05, 4.69) is 8.93 Å². The van der Waals surface area contributed by atoms with Crippen LogP contribution in [0.15, 0.2) is 0 Å². The molecule has 0 aliphatic carbocycles. The third-order valence-corrected chi connectivity index (χ3v) is 2.23. The van der Waals surface area contributed by atoms with E-state index in [1.807, 2.05) is 0 Å². The van der Waals surface area contributed by atoms with Gasteiger partial charge in [0.15, 0.2) is 0 Å². The van der Waals surface area contributed by atoms with E-state index < -0.39 is 0 Å². The monoisotopic (exact) mass is 155 g/mol. The molecule has 0 aromatic carbocycles. The van der Waals surface area contributed by atoms with Gasteiger partial charge in [-0.2, -0.15) is 0 Å². The van der Waals surface area contributed by atoms with E-state index in [0.717, 1.165) is 12.8 Å². The van der Waals surface area contributed by atoms with Gasteiger partial charge in [-0.05, 0) is 0 Å². The zero-order valence-corrected chi connectivity index (χ0v) is 7.15. The highest BCUT2D eigenvalue weighted by molar-refractivity contribution is 8.02. The Hall–Kier alpha value is 0.780. The highest BCUT2D eigenvalue weighted by Gasteiger charge is 1.86. The summed E-state index contributed by atoms with van der Waals surface area (Å²) in [4.78, 5) is 0. The van der Waals surface area contributed by atoms with Crippen molar-refractivity contribution in [2.75, 3.05) is 26.0 Å². The lowest BCUT2D eigenvalue weighted by Crippen LogP contribution is -2.00. The Morgan fingerprint density at radius 1 is 1.50 bits per heavy atom. The number of aliphatic hydroxyl groups is 1. The molecule has 50 valence electrons. The number of ether oxygens (including phenoxy) is 1. The van der Waals surface area contributed by atoms with Gasteiger partial charge in [-0.1, -0.05) is 0 Å². The molecule has 4 heteroatoms. The summed E-state index contributed by atoms with van der Waals surface area (Å²) in [7, 11) is 3.19. The van der Waals surface area contributed by atoms with Crippen molar-refractivity contribution in [2.45, 2.75) is 0 Å². The van der Waals surface area contributed by atoms with Crippen LogP contribution in [0.4, 0.5) is 0 Å². The van der Waals surface area contributed by atoms with Crippen LogP contribution in [-0.2, 0) is 4.74 Å². The average molecular weight is 155 g/mol. The van der Waals surface area contributed by atoms with Crippen molar-refractivity contribution in [1.82, 2.24) is 0 Å². The maximum absolute atomic E-state index is 8.24. The van der Waals surface area contributed by atoms with Crippen molar-refractivity contribution in [3.05, 3.63) is 0 Å². The topological polar surface area (TPSA) is 29.5 Å². The molecular formula is C4H13O2P2+. The molecule has 0 bridgehead atoms. The molecule has 0 heterocycles. The highest BCUT2D eigenvalue weighted by Crippen LogP contribution is 2.18. The Kier molecular flexibility index (Phi) is 8.54. The predicted molar refractivity (Wildman–Crippen MR) is 42.2 cm³/mol. The molecule has 0 spiro atoms. The van der Waals surface area contributed by atoms with Gasteiger partial charge in [0.25, 0.3) is 0 Å². The van der Waals surface area contributed by atoms with E-state index in [-0.39, 0.29) is 6.61 Å². The van der Waals surface area contributed by atoms with Crippen LogP contribution in [0.5, 0.6) is 0 Å². The van der Waals surface area contributed by atoms with Gasteiger partial charge in [-0.15, -0.1) is 0 Å². The molecule has 0 aliphatic heterocycles. The predicted octanol–water partition coefficient (Wildman–Crippen LogP) is 0.196. The van der Waals surface area contributed by atoms with Gasteiger partial charge < -0.3 is 9.84 Å². The highest BCUT2D eigenvalue weighted by atomic mass is 32.0. The van der Waals surface area contributed by atoms with E-state index in [1.54, 1.807) is 0 Å². The minimum atomic E-state index is 0.145. The van der Waals surface area contributed by atoms with E-state index in [4.69, 9.17) is 9.84 Å². The third kappa shape index (κ3) is 6.78. The molecule has 0 fully saturated rings. The van der Waals surface area contributed by atoms with E-state index in [0.29, 0.717) is 14.9 Å². The second kappa shape index (κ2) is 7.78. The molecular weight excluding hydrogens is 142 g/mol. The summed E-state index contributed by atoms with van der Waals surface area (Å²) in [5.74, 6) is 0. The second-order valence-electron chi connectivity index (χ2n) is 1.36. The lowest BCUT2D eigenvalue weighted by atomic mass is 10.7. The molecule has 8 heavy (non-hydrogen) atoms. The van der Waals surface area contributed by atoms with Crippen LogP contribution in [0, 0.1) is 0 Å². The molecule has 1 N–H and O–H groups in total. The Bertz CT molecular complexity index is 37.0. The SMILES string of the molecule is OCCOCC[PH2+]P. The fourth-order valence-corrected chi connectivity index (χ4v) is 1.03. The molecule has 2 atom stereocenters. The van der Waals surface area contributed by atoms with Crippen LogP contribution in [0.1, 0.15) is 0 Å². The fourth-order valence-electron chi connectivity index (χ4n) is 0.318. The van der Waals surface area contributed by atoms with Gasteiger partial charge in [-0.3, -0.25) is 0 Å². The van der Waals surface area contributed by atoms with Crippen molar-refractivity contribution in [1.29, 1.82) is 0 Å². The van der Waals surface area contributed by atoms with E-state index >= 15 is 0 Å². The summed E-state index contributed by atoms with van der Waals surface area (Å²) in [5, 5.41) is 8.24. The van der Waals surface area contributed by atoms with Gasteiger partial charge in [0.05, 0.1) is 26.0 Å². The fraction of sp³-hybridized carbons (Fsp3) is 1.00. The maximum atomic E-state index is 8.24. The summed E-state index contributed by atoms with van der Waals surface area (Å²) in [6, 6.07) is 0. The summed E-state index contributed by atoms with van der Waals surface area (Å²) >= 11 is 0. The Morgan fingerprint density at radius 3 is 2.75 bits per heavy atom.